The summed E-state index contributed by atoms with van der Waals surface area (Å²) in [4.78, 5) is 7.17. The van der Waals surface area contributed by atoms with E-state index in [1.807, 2.05) is 0 Å². The minimum absolute atomic E-state index is 0.0385. The Morgan fingerprint density at radius 1 is 0.286 bits per heavy atom. The smallest absolute Gasteiger partial charge is 0.0464 e. The van der Waals surface area contributed by atoms with Crippen molar-refractivity contribution in [1.29, 1.82) is 0 Å². The Hall–Kier alpha value is -7.62. The van der Waals surface area contributed by atoms with E-state index in [-0.39, 0.29) is 5.41 Å². The molecule has 0 aliphatic heterocycles. The molecule has 1 fully saturated rings. The molecule has 1 saturated carbocycles. The topological polar surface area (TPSA) is 9.72 Å². The van der Waals surface area contributed by atoms with E-state index in [4.69, 9.17) is 0 Å². The average molecular weight is 912 g/mol. The van der Waals surface area contributed by atoms with Gasteiger partial charge in [0, 0.05) is 56.6 Å². The first kappa shape index (κ1) is 46.1. The van der Waals surface area contributed by atoms with Crippen molar-refractivity contribution in [2.24, 2.45) is 0 Å². The second-order valence-corrected chi connectivity index (χ2v) is 19.8. The largest absolute Gasteiger partial charge is 0.311 e. The maximum Gasteiger partial charge on any atom is 0.0464 e. The first-order valence-corrected chi connectivity index (χ1v) is 25.3. The highest BCUT2D eigenvalue weighted by molar-refractivity contribution is 5.80. The number of nitrogens with zero attached hydrogens (tertiary/aromatic N) is 3. The fourth-order valence-electron chi connectivity index (χ4n) is 10.7. The Kier molecular flexibility index (Phi) is 13.5. The molecule has 10 rings (SSSR count). The lowest BCUT2D eigenvalue weighted by Gasteiger charge is -2.39. The van der Waals surface area contributed by atoms with Crippen LogP contribution < -0.4 is 14.7 Å². The van der Waals surface area contributed by atoms with Crippen LogP contribution in [0.4, 0.5) is 51.2 Å². The van der Waals surface area contributed by atoms with E-state index in [9.17, 15) is 0 Å². The number of hydrogen-bond donors (Lipinski definition) is 0. The van der Waals surface area contributed by atoms with Gasteiger partial charge >= 0.3 is 0 Å². The molecule has 3 heteroatoms. The lowest BCUT2D eigenvalue weighted by molar-refractivity contribution is 0.346. The van der Waals surface area contributed by atoms with Crippen LogP contribution in [-0.4, -0.2) is 0 Å². The minimum atomic E-state index is -0.0385. The Morgan fingerprint density at radius 3 is 1.01 bits per heavy atom. The van der Waals surface area contributed by atoms with Gasteiger partial charge in [0.2, 0.25) is 0 Å². The predicted octanol–water partition coefficient (Wildman–Crippen LogP) is 18.7. The van der Waals surface area contributed by atoms with Gasteiger partial charge in [-0.1, -0.05) is 145 Å². The van der Waals surface area contributed by atoms with Gasteiger partial charge < -0.3 is 14.7 Å². The van der Waals surface area contributed by atoms with Crippen LogP contribution in [-0.2, 0) is 18.3 Å². The van der Waals surface area contributed by atoms with Crippen LogP contribution in [0, 0.1) is 34.6 Å². The fourth-order valence-corrected chi connectivity index (χ4v) is 10.7. The molecule has 0 heterocycles. The molecule has 1 aliphatic carbocycles. The fraction of sp³-hybridized carbons (Fsp3) is 0.194. The van der Waals surface area contributed by atoms with Gasteiger partial charge in [-0.15, -0.1) is 0 Å². The maximum absolute atomic E-state index is 2.42. The van der Waals surface area contributed by atoms with Crippen molar-refractivity contribution in [1.82, 2.24) is 0 Å². The highest BCUT2D eigenvalue weighted by Gasteiger charge is 2.36. The number of anilines is 9. The van der Waals surface area contributed by atoms with Gasteiger partial charge in [0.05, 0.1) is 0 Å². The molecule has 0 atom stereocenters. The summed E-state index contributed by atoms with van der Waals surface area (Å²) in [5, 5.41) is 0. The van der Waals surface area contributed by atoms with E-state index in [2.05, 4.69) is 268 Å². The van der Waals surface area contributed by atoms with E-state index in [0.29, 0.717) is 0 Å². The third-order valence-corrected chi connectivity index (χ3v) is 14.5. The number of aryl methyl sites for hydroxylation is 7. The molecule has 0 spiro atoms. The van der Waals surface area contributed by atoms with E-state index in [1.54, 1.807) is 0 Å². The highest BCUT2D eigenvalue weighted by atomic mass is 15.2. The zero-order valence-electron chi connectivity index (χ0n) is 41.6. The molecule has 0 aromatic heterocycles. The van der Waals surface area contributed by atoms with Crippen molar-refractivity contribution in [2.75, 3.05) is 14.7 Å². The summed E-state index contributed by atoms with van der Waals surface area (Å²) < 4.78 is 0. The number of hydrogen-bond acceptors (Lipinski definition) is 3. The summed E-state index contributed by atoms with van der Waals surface area (Å²) in [6, 6.07) is 81.6. The van der Waals surface area contributed by atoms with E-state index < -0.39 is 0 Å². The zero-order valence-corrected chi connectivity index (χ0v) is 41.6. The Labute approximate surface area is 417 Å². The number of benzene rings is 9. The lowest BCUT2D eigenvalue weighted by atomic mass is 9.65. The summed E-state index contributed by atoms with van der Waals surface area (Å²) in [7, 11) is 0. The molecule has 0 amide bonds. The van der Waals surface area contributed by atoms with E-state index in [0.717, 1.165) is 42.7 Å². The first-order chi connectivity index (χ1) is 34.2. The van der Waals surface area contributed by atoms with Crippen LogP contribution in [0.15, 0.2) is 218 Å². The van der Waals surface area contributed by atoms with E-state index in [1.165, 1.54) is 103 Å². The molecule has 0 radical (unpaired) electrons. The number of rotatable bonds is 14. The first-order valence-electron chi connectivity index (χ1n) is 25.3. The molecule has 9 aromatic carbocycles. The Morgan fingerprint density at radius 2 is 0.614 bits per heavy atom. The van der Waals surface area contributed by atoms with Gasteiger partial charge in [-0.2, -0.15) is 0 Å². The van der Waals surface area contributed by atoms with Gasteiger partial charge in [0.1, 0.15) is 0 Å². The molecule has 0 bridgehead atoms. The molecule has 3 nitrogen and oxygen atoms in total. The summed E-state index contributed by atoms with van der Waals surface area (Å²) in [6.45, 7) is 10.8. The van der Waals surface area contributed by atoms with Crippen molar-refractivity contribution < 1.29 is 0 Å². The molecule has 0 N–H and O–H groups in total. The van der Waals surface area contributed by atoms with Crippen LogP contribution in [0.1, 0.15) is 82.2 Å². The minimum Gasteiger partial charge on any atom is -0.311 e. The van der Waals surface area contributed by atoms with Gasteiger partial charge in [0.15, 0.2) is 0 Å². The van der Waals surface area contributed by atoms with Crippen LogP contribution in [0.25, 0.3) is 0 Å². The van der Waals surface area contributed by atoms with Crippen LogP contribution in [0.3, 0.4) is 0 Å². The second kappa shape index (κ2) is 20.5. The quantitative estimate of drug-likeness (QED) is 0.108. The summed E-state index contributed by atoms with van der Waals surface area (Å²) in [5.74, 6) is 0. The van der Waals surface area contributed by atoms with Crippen LogP contribution in [0.2, 0.25) is 0 Å². The standard InChI is InChI=1S/C67H65N3/c1-49-18-32-58(33-19-49)68(59-34-20-50(2)21-35-59)62-40-28-56(29-41-62)67(44-7-6-8-45-67)57-30-42-63(43-31-57)69(60-36-22-51(3)23-37-60)61-38-26-54(27-39-61)24-25-55-14-11-17-66(48-55)70(64-15-9-12-52(4)46-64)65-16-10-13-53(5)47-65/h9-23,26-43,46-48H,6-8,24-25,44-45H2,1-5H3. The van der Waals surface area contributed by atoms with Gasteiger partial charge in [-0.05, 0) is 203 Å². The third kappa shape index (κ3) is 10.1. The van der Waals surface area contributed by atoms with Crippen molar-refractivity contribution in [3.05, 3.63) is 268 Å². The van der Waals surface area contributed by atoms with Gasteiger partial charge in [-0.3, -0.25) is 0 Å². The molecule has 348 valence electrons. The lowest BCUT2D eigenvalue weighted by Crippen LogP contribution is -2.30. The van der Waals surface area contributed by atoms with Crippen molar-refractivity contribution >= 4 is 51.2 Å². The molecule has 1 aliphatic rings. The average Bonchev–Trinajstić information content (AvgIpc) is 3.39. The Balaban J connectivity index is 0.908. The summed E-state index contributed by atoms with van der Waals surface area (Å²) >= 11 is 0. The Bertz CT molecular complexity index is 3050. The van der Waals surface area contributed by atoms with Crippen molar-refractivity contribution in [2.45, 2.75) is 85.0 Å². The monoisotopic (exact) mass is 912 g/mol. The van der Waals surface area contributed by atoms with Crippen molar-refractivity contribution in [3.63, 3.8) is 0 Å². The predicted molar refractivity (Wildman–Crippen MR) is 298 cm³/mol. The third-order valence-electron chi connectivity index (χ3n) is 14.5. The summed E-state index contributed by atoms with van der Waals surface area (Å²) in [6.07, 6.45) is 7.96. The van der Waals surface area contributed by atoms with Gasteiger partial charge in [0.25, 0.3) is 0 Å². The van der Waals surface area contributed by atoms with E-state index >= 15 is 0 Å². The maximum atomic E-state index is 2.42. The van der Waals surface area contributed by atoms with Crippen molar-refractivity contribution in [3.8, 4) is 0 Å². The van der Waals surface area contributed by atoms with Crippen LogP contribution >= 0.6 is 0 Å². The second-order valence-electron chi connectivity index (χ2n) is 19.8. The normalized spacial score (nSPS) is 13.2. The zero-order chi connectivity index (χ0) is 48.0. The molecule has 0 saturated heterocycles. The summed E-state index contributed by atoms with van der Waals surface area (Å²) in [5.41, 5.74) is 22.2. The molecule has 0 unspecified atom stereocenters. The van der Waals surface area contributed by atoms with Crippen LogP contribution in [0.5, 0.6) is 0 Å². The SMILES string of the molecule is Cc1ccc(N(c2ccc(C)cc2)c2ccc(C3(c4ccc(N(c5ccc(C)cc5)c5ccc(CCc6cccc(N(c7cccc(C)c7)c7cccc(C)c7)c6)cc5)cc4)CCCCC3)cc2)cc1. The molecule has 70 heavy (non-hydrogen) atoms. The molecule has 9 aromatic rings. The molecular formula is C67H65N3. The van der Waals surface area contributed by atoms with Gasteiger partial charge in [-0.25, -0.2) is 0 Å². The highest BCUT2D eigenvalue weighted by Crippen LogP contribution is 2.47. The molecular weight excluding hydrogens is 847 g/mol.